The molecule has 0 bridgehead atoms. The minimum atomic E-state index is -4.32. The number of alkyl halides is 3. The van der Waals surface area contributed by atoms with Crippen molar-refractivity contribution in [2.75, 3.05) is 10.6 Å². The molecule has 1 unspecified atom stereocenters. The van der Waals surface area contributed by atoms with Gasteiger partial charge in [0, 0.05) is 15.8 Å². The van der Waals surface area contributed by atoms with Gasteiger partial charge >= 0.3 is 6.18 Å². The normalized spacial score (nSPS) is 16.1. The van der Waals surface area contributed by atoms with Crippen LogP contribution < -0.4 is 10.6 Å². The number of hydrogen-bond donors (Lipinski definition) is 2. The van der Waals surface area contributed by atoms with Crippen LogP contribution in [-0.4, -0.2) is 18.1 Å². The van der Waals surface area contributed by atoms with Crippen molar-refractivity contribution in [2.45, 2.75) is 37.9 Å². The fourth-order valence-corrected chi connectivity index (χ4v) is 3.93. The van der Waals surface area contributed by atoms with Crippen molar-refractivity contribution in [3.05, 3.63) is 58.6 Å². The van der Waals surface area contributed by atoms with Crippen molar-refractivity contribution in [3.63, 3.8) is 0 Å². The summed E-state index contributed by atoms with van der Waals surface area (Å²) in [4.78, 5) is 12.4. The summed E-state index contributed by atoms with van der Waals surface area (Å²) in [6.07, 6.45) is -1.49. The molecule has 1 saturated carbocycles. The number of halogens is 4. The van der Waals surface area contributed by atoms with E-state index in [2.05, 4.69) is 26.6 Å². The lowest BCUT2D eigenvalue weighted by molar-refractivity contribution is -0.152. The third kappa shape index (κ3) is 5.03. The Labute approximate surface area is 164 Å². The lowest BCUT2D eigenvalue weighted by Crippen LogP contribution is -2.41. The number of hydrogen-bond acceptors (Lipinski definition) is 2. The van der Waals surface area contributed by atoms with Gasteiger partial charge < -0.3 is 10.6 Å². The Balaban J connectivity index is 1.74. The first kappa shape index (κ1) is 19.7. The first-order valence-corrected chi connectivity index (χ1v) is 9.63. The highest BCUT2D eigenvalue weighted by Gasteiger charge is 2.45. The molecule has 144 valence electrons. The highest BCUT2D eigenvalue weighted by atomic mass is 79.9. The second-order valence-electron chi connectivity index (χ2n) is 6.72. The minimum Gasteiger partial charge on any atom is -0.374 e. The van der Waals surface area contributed by atoms with Crippen LogP contribution in [0.15, 0.2) is 53.0 Å². The molecule has 1 amide bonds. The van der Waals surface area contributed by atoms with E-state index in [1.54, 1.807) is 42.5 Å². The molecule has 3 rings (SSSR count). The molecular weight excluding hydrogens is 421 g/mol. The van der Waals surface area contributed by atoms with Gasteiger partial charge in [0.25, 0.3) is 5.91 Å². The fraction of sp³-hybridized carbons (Fsp3) is 0.350. The Morgan fingerprint density at radius 2 is 1.70 bits per heavy atom. The second-order valence-corrected chi connectivity index (χ2v) is 7.58. The first-order valence-electron chi connectivity index (χ1n) is 8.84. The van der Waals surface area contributed by atoms with Gasteiger partial charge in [-0.3, -0.25) is 4.79 Å². The summed E-state index contributed by atoms with van der Waals surface area (Å²) in [5.74, 6) is -0.744. The zero-order valence-electron chi connectivity index (χ0n) is 14.5. The standard InChI is InChI=1S/C20H20BrF3N2O/c21-17-11-4-3-10-16(17)19(27)26-15-9-5-8-14(12-15)25-18(20(22,23)24)13-6-1-2-7-13/h3-5,8-13,18,25H,1-2,6-7H2,(H,26,27). The number of amides is 1. The first-order chi connectivity index (χ1) is 12.8. The smallest absolute Gasteiger partial charge is 0.374 e. The molecule has 0 radical (unpaired) electrons. The van der Waals surface area contributed by atoms with E-state index < -0.39 is 18.1 Å². The van der Waals surface area contributed by atoms with E-state index >= 15 is 0 Å². The van der Waals surface area contributed by atoms with Gasteiger partial charge in [0.1, 0.15) is 6.04 Å². The van der Waals surface area contributed by atoms with Gasteiger partial charge in [-0.05, 0) is 65.0 Å². The van der Waals surface area contributed by atoms with Gasteiger partial charge in [-0.1, -0.05) is 31.0 Å². The Morgan fingerprint density at radius 1 is 1.04 bits per heavy atom. The van der Waals surface area contributed by atoms with Crippen LogP contribution >= 0.6 is 15.9 Å². The molecule has 1 aliphatic carbocycles. The van der Waals surface area contributed by atoms with Crippen molar-refractivity contribution < 1.29 is 18.0 Å². The summed E-state index contributed by atoms with van der Waals surface area (Å²) < 4.78 is 41.1. The van der Waals surface area contributed by atoms with E-state index in [9.17, 15) is 18.0 Å². The van der Waals surface area contributed by atoms with Crippen LogP contribution in [0.5, 0.6) is 0 Å². The minimum absolute atomic E-state index is 0.331. The molecule has 1 aliphatic rings. The molecule has 27 heavy (non-hydrogen) atoms. The maximum Gasteiger partial charge on any atom is 0.408 e. The average molecular weight is 441 g/mol. The highest BCUT2D eigenvalue weighted by molar-refractivity contribution is 9.10. The molecule has 0 heterocycles. The predicted molar refractivity (Wildman–Crippen MR) is 104 cm³/mol. The summed E-state index contributed by atoms with van der Waals surface area (Å²) in [5, 5.41) is 5.37. The maximum absolute atomic E-state index is 13.5. The SMILES string of the molecule is O=C(Nc1cccc(NC(C2CCCC2)C(F)(F)F)c1)c1ccccc1Br. The van der Waals surface area contributed by atoms with Gasteiger partial charge in [-0.2, -0.15) is 13.2 Å². The zero-order valence-corrected chi connectivity index (χ0v) is 16.1. The van der Waals surface area contributed by atoms with Crippen LogP contribution in [0.1, 0.15) is 36.0 Å². The molecule has 0 spiro atoms. The van der Waals surface area contributed by atoms with Gasteiger partial charge in [0.15, 0.2) is 0 Å². The Hall–Kier alpha value is -2.02. The van der Waals surface area contributed by atoms with Crippen molar-refractivity contribution in [3.8, 4) is 0 Å². The van der Waals surface area contributed by atoms with Gasteiger partial charge in [-0.25, -0.2) is 0 Å². The molecule has 2 N–H and O–H groups in total. The van der Waals surface area contributed by atoms with Crippen LogP contribution in [0.3, 0.4) is 0 Å². The van der Waals surface area contributed by atoms with Gasteiger partial charge in [-0.15, -0.1) is 0 Å². The highest BCUT2D eigenvalue weighted by Crippen LogP contribution is 2.37. The van der Waals surface area contributed by atoms with E-state index in [1.807, 2.05) is 0 Å². The van der Waals surface area contributed by atoms with Crippen molar-refractivity contribution in [2.24, 2.45) is 5.92 Å². The Kier molecular flexibility index (Phi) is 6.09. The number of carbonyl (C=O) groups excluding carboxylic acids is 1. The molecule has 7 heteroatoms. The number of rotatable bonds is 5. The fourth-order valence-electron chi connectivity index (χ4n) is 3.47. The molecule has 2 aromatic rings. The number of anilines is 2. The Morgan fingerprint density at radius 3 is 2.37 bits per heavy atom. The van der Waals surface area contributed by atoms with Crippen molar-refractivity contribution in [1.82, 2.24) is 0 Å². The summed E-state index contributed by atoms with van der Waals surface area (Å²) in [6.45, 7) is 0. The Bertz CT molecular complexity index is 804. The largest absolute Gasteiger partial charge is 0.408 e. The molecule has 0 aliphatic heterocycles. The quantitative estimate of drug-likeness (QED) is 0.577. The molecule has 1 fully saturated rings. The second kappa shape index (κ2) is 8.33. The maximum atomic E-state index is 13.5. The summed E-state index contributed by atoms with van der Waals surface area (Å²) >= 11 is 3.32. The van der Waals surface area contributed by atoms with Gasteiger partial charge in [0.05, 0.1) is 5.56 Å². The topological polar surface area (TPSA) is 41.1 Å². The van der Waals surface area contributed by atoms with Crippen LogP contribution in [-0.2, 0) is 0 Å². The van der Waals surface area contributed by atoms with E-state index in [-0.39, 0.29) is 5.91 Å². The van der Waals surface area contributed by atoms with Gasteiger partial charge in [0.2, 0.25) is 0 Å². The average Bonchev–Trinajstić information content (AvgIpc) is 3.13. The summed E-state index contributed by atoms with van der Waals surface area (Å²) in [5.41, 5.74) is 1.23. The molecular formula is C20H20BrF3N2O. The molecule has 0 saturated heterocycles. The third-order valence-electron chi connectivity index (χ3n) is 4.78. The molecule has 2 aromatic carbocycles. The number of carbonyl (C=O) groups is 1. The van der Waals surface area contributed by atoms with Crippen LogP contribution in [0.2, 0.25) is 0 Å². The summed E-state index contributed by atoms with van der Waals surface area (Å²) in [7, 11) is 0. The van der Waals surface area contributed by atoms with Crippen molar-refractivity contribution in [1.29, 1.82) is 0 Å². The lowest BCUT2D eigenvalue weighted by Gasteiger charge is -2.28. The van der Waals surface area contributed by atoms with Crippen LogP contribution in [0.25, 0.3) is 0 Å². The number of benzene rings is 2. The predicted octanol–water partition coefficient (Wildman–Crippen LogP) is 6.23. The monoisotopic (exact) mass is 440 g/mol. The molecule has 1 atom stereocenters. The summed E-state index contributed by atoms with van der Waals surface area (Å²) in [6, 6.07) is 11.8. The third-order valence-corrected chi connectivity index (χ3v) is 5.48. The van der Waals surface area contributed by atoms with Crippen LogP contribution in [0, 0.1) is 5.92 Å². The zero-order chi connectivity index (χ0) is 19.4. The van der Waals surface area contributed by atoms with E-state index in [4.69, 9.17) is 0 Å². The number of nitrogens with one attached hydrogen (secondary N) is 2. The van der Waals surface area contributed by atoms with Crippen molar-refractivity contribution >= 4 is 33.2 Å². The molecule has 3 nitrogen and oxygen atoms in total. The van der Waals surface area contributed by atoms with E-state index in [0.717, 1.165) is 12.8 Å². The van der Waals surface area contributed by atoms with Crippen LogP contribution in [0.4, 0.5) is 24.5 Å². The van der Waals surface area contributed by atoms with E-state index in [0.29, 0.717) is 34.3 Å². The van der Waals surface area contributed by atoms with E-state index in [1.165, 1.54) is 6.07 Å². The molecule has 0 aromatic heterocycles. The lowest BCUT2D eigenvalue weighted by atomic mass is 9.97.